The molecule has 5 heterocycles. The predicted molar refractivity (Wildman–Crippen MR) is 175 cm³/mol. The van der Waals surface area contributed by atoms with E-state index in [1.54, 1.807) is 0 Å². The van der Waals surface area contributed by atoms with Crippen LogP contribution >= 0.6 is 0 Å². The number of para-hydroxylation sites is 4. The minimum absolute atomic E-state index is 0.118. The lowest BCUT2D eigenvalue weighted by Crippen LogP contribution is -2.61. The topological polar surface area (TPSA) is 21.1 Å². The van der Waals surface area contributed by atoms with Crippen molar-refractivity contribution in [1.29, 1.82) is 0 Å². The second kappa shape index (κ2) is 7.60. The Labute approximate surface area is 244 Å². The van der Waals surface area contributed by atoms with Crippen molar-refractivity contribution in [2.75, 3.05) is 4.90 Å². The highest BCUT2D eigenvalue weighted by Gasteiger charge is 2.47. The fourth-order valence-corrected chi connectivity index (χ4v) is 8.24. The Hall–Kier alpha value is -5.09. The van der Waals surface area contributed by atoms with Crippen molar-refractivity contribution in [2.45, 2.75) is 19.3 Å². The molecule has 0 aliphatic carbocycles. The van der Waals surface area contributed by atoms with Crippen molar-refractivity contribution in [1.82, 2.24) is 9.55 Å². The highest BCUT2D eigenvalue weighted by Crippen LogP contribution is 2.53. The van der Waals surface area contributed by atoms with E-state index in [-0.39, 0.29) is 12.1 Å². The van der Waals surface area contributed by atoms with Gasteiger partial charge in [0.2, 0.25) is 0 Å². The number of fused-ring (bicyclic) bond motifs is 9. The van der Waals surface area contributed by atoms with Crippen molar-refractivity contribution in [3.63, 3.8) is 0 Å². The molecule has 3 aliphatic rings. The van der Waals surface area contributed by atoms with Gasteiger partial charge in [0.15, 0.2) is 0 Å². The third-order valence-corrected chi connectivity index (χ3v) is 10.00. The van der Waals surface area contributed by atoms with E-state index in [2.05, 4.69) is 133 Å². The van der Waals surface area contributed by atoms with Gasteiger partial charge in [-0.2, -0.15) is 0 Å². The van der Waals surface area contributed by atoms with Crippen molar-refractivity contribution < 1.29 is 0 Å². The van der Waals surface area contributed by atoms with Crippen LogP contribution < -0.4 is 21.3 Å². The third kappa shape index (κ3) is 2.57. The van der Waals surface area contributed by atoms with E-state index in [1.807, 2.05) is 12.3 Å². The molecule has 5 aromatic carbocycles. The second-order valence-electron chi connectivity index (χ2n) is 12.4. The van der Waals surface area contributed by atoms with Crippen LogP contribution in [-0.4, -0.2) is 16.3 Å². The molecule has 2 aromatic heterocycles. The van der Waals surface area contributed by atoms with Crippen LogP contribution in [0.3, 0.4) is 0 Å². The molecule has 0 unspecified atom stereocenters. The molecule has 3 nitrogen and oxygen atoms in total. The highest BCUT2D eigenvalue weighted by atomic mass is 15.2. The Morgan fingerprint density at radius 2 is 1.38 bits per heavy atom. The van der Waals surface area contributed by atoms with Gasteiger partial charge in [0.1, 0.15) is 0 Å². The Morgan fingerprint density at radius 3 is 2.29 bits per heavy atom. The van der Waals surface area contributed by atoms with Crippen LogP contribution in [0.5, 0.6) is 0 Å². The average molecular weight is 535 g/mol. The Kier molecular flexibility index (Phi) is 4.09. The third-order valence-electron chi connectivity index (χ3n) is 10.00. The molecule has 0 saturated carbocycles. The smallest absolute Gasteiger partial charge is 0.252 e. The molecule has 0 N–H and O–H groups in total. The largest absolute Gasteiger partial charge is 0.311 e. The fraction of sp³-hybridized carbons (Fsp3) is 0.0789. The molecule has 42 heavy (non-hydrogen) atoms. The van der Waals surface area contributed by atoms with Gasteiger partial charge in [0.25, 0.3) is 6.71 Å². The van der Waals surface area contributed by atoms with Gasteiger partial charge in [-0.3, -0.25) is 4.98 Å². The van der Waals surface area contributed by atoms with Crippen LogP contribution in [0.2, 0.25) is 0 Å². The van der Waals surface area contributed by atoms with Crippen LogP contribution in [-0.2, 0) is 5.41 Å². The molecule has 4 heteroatoms. The molecule has 0 atom stereocenters. The summed E-state index contributed by atoms with van der Waals surface area (Å²) in [6.45, 7) is 4.90. The predicted octanol–water partition coefficient (Wildman–Crippen LogP) is 7.10. The summed E-state index contributed by atoms with van der Waals surface area (Å²) in [6, 6.07) is 42.7. The zero-order valence-electron chi connectivity index (χ0n) is 23.5. The lowest BCUT2D eigenvalue weighted by atomic mass is 9.33. The summed E-state index contributed by atoms with van der Waals surface area (Å²) < 4.78 is 2.52. The maximum Gasteiger partial charge on any atom is 0.252 e. The van der Waals surface area contributed by atoms with Gasteiger partial charge in [-0.15, -0.1) is 0 Å². The number of nitrogens with zero attached hydrogens (tertiary/aromatic N) is 3. The first-order chi connectivity index (χ1) is 20.6. The SMILES string of the molecule is CC1(C)c2ccccc2N2c3cc(-c4ccccn4)cc4c3B(c3cccc1c32)c1cccc2c3ccccc3n-4c12. The molecule has 0 amide bonds. The van der Waals surface area contributed by atoms with Crippen molar-refractivity contribution >= 4 is 62.0 Å². The summed E-state index contributed by atoms with van der Waals surface area (Å²) in [6.07, 6.45) is 1.90. The van der Waals surface area contributed by atoms with Crippen molar-refractivity contribution in [2.24, 2.45) is 0 Å². The first kappa shape index (κ1) is 22.6. The van der Waals surface area contributed by atoms with Gasteiger partial charge in [0.05, 0.1) is 16.9 Å². The van der Waals surface area contributed by atoms with E-state index < -0.39 is 0 Å². The Balaban J connectivity index is 1.44. The van der Waals surface area contributed by atoms with E-state index >= 15 is 0 Å². The van der Waals surface area contributed by atoms with Crippen LogP contribution in [0, 0.1) is 0 Å². The zero-order chi connectivity index (χ0) is 27.7. The summed E-state index contributed by atoms with van der Waals surface area (Å²) in [5.74, 6) is 0. The molecule has 0 radical (unpaired) electrons. The van der Waals surface area contributed by atoms with Gasteiger partial charge in [-0.05, 0) is 63.9 Å². The number of pyridine rings is 1. The summed E-state index contributed by atoms with van der Waals surface area (Å²) in [7, 11) is 0. The fourth-order valence-electron chi connectivity index (χ4n) is 8.24. The summed E-state index contributed by atoms with van der Waals surface area (Å²) in [5.41, 5.74) is 16.6. The monoisotopic (exact) mass is 535 g/mol. The van der Waals surface area contributed by atoms with Crippen molar-refractivity contribution in [3.8, 4) is 16.9 Å². The van der Waals surface area contributed by atoms with Gasteiger partial charge in [-0.1, -0.05) is 92.7 Å². The molecule has 3 aliphatic heterocycles. The van der Waals surface area contributed by atoms with Gasteiger partial charge in [0, 0.05) is 50.5 Å². The number of anilines is 3. The van der Waals surface area contributed by atoms with Crippen LogP contribution in [0.15, 0.2) is 121 Å². The first-order valence-electron chi connectivity index (χ1n) is 14.8. The van der Waals surface area contributed by atoms with Gasteiger partial charge >= 0.3 is 0 Å². The van der Waals surface area contributed by atoms with Gasteiger partial charge < -0.3 is 9.47 Å². The normalized spacial score (nSPS) is 15.0. The number of rotatable bonds is 1. The quantitative estimate of drug-likeness (QED) is 0.209. The molecule has 7 aromatic rings. The van der Waals surface area contributed by atoms with E-state index in [4.69, 9.17) is 4.98 Å². The van der Waals surface area contributed by atoms with E-state index in [9.17, 15) is 0 Å². The number of aromatic nitrogens is 2. The van der Waals surface area contributed by atoms with E-state index in [0.717, 1.165) is 11.3 Å². The zero-order valence-corrected chi connectivity index (χ0v) is 23.5. The second-order valence-corrected chi connectivity index (χ2v) is 12.4. The molecule has 0 bridgehead atoms. The van der Waals surface area contributed by atoms with Crippen LogP contribution in [0.4, 0.5) is 17.1 Å². The molecule has 0 fully saturated rings. The van der Waals surface area contributed by atoms with E-state index in [0.29, 0.717) is 0 Å². The molecule has 10 rings (SSSR count). The average Bonchev–Trinajstić information content (AvgIpc) is 3.38. The maximum absolute atomic E-state index is 4.82. The summed E-state index contributed by atoms with van der Waals surface area (Å²) in [5, 5.41) is 2.61. The summed E-state index contributed by atoms with van der Waals surface area (Å²) >= 11 is 0. The minimum atomic E-state index is -0.118. The summed E-state index contributed by atoms with van der Waals surface area (Å²) in [4.78, 5) is 7.38. The Morgan fingerprint density at radius 1 is 0.643 bits per heavy atom. The van der Waals surface area contributed by atoms with Gasteiger partial charge in [-0.25, -0.2) is 0 Å². The number of hydrogen-bond acceptors (Lipinski definition) is 2. The Bertz CT molecular complexity index is 2300. The maximum atomic E-state index is 4.82. The number of benzene rings is 5. The molecular formula is C38H26BN3. The highest BCUT2D eigenvalue weighted by molar-refractivity contribution is 7.00. The van der Waals surface area contributed by atoms with Crippen LogP contribution in [0.1, 0.15) is 25.0 Å². The molecule has 0 saturated heterocycles. The lowest BCUT2D eigenvalue weighted by molar-refractivity contribution is 0.632. The van der Waals surface area contributed by atoms with Crippen molar-refractivity contribution in [3.05, 3.63) is 133 Å². The number of hydrogen-bond donors (Lipinski definition) is 0. The first-order valence-corrected chi connectivity index (χ1v) is 14.8. The molecular weight excluding hydrogens is 509 g/mol. The van der Waals surface area contributed by atoms with E-state index in [1.165, 1.54) is 72.1 Å². The molecule has 0 spiro atoms. The van der Waals surface area contributed by atoms with Crippen LogP contribution in [0.25, 0.3) is 38.8 Å². The molecule has 196 valence electrons. The minimum Gasteiger partial charge on any atom is -0.311 e. The lowest BCUT2D eigenvalue weighted by Gasteiger charge is -2.48. The standard InChI is InChI=1S/C38H26BN3/c1-38(2)26-13-4-6-19-32(26)42-34-22-23(30-17-7-8-20-40-30)21-33-35(34)39(29-16-10-14-27(38)37(29)42)28-15-9-12-25-24-11-3-5-18-31(24)41(33)36(25)28/h3-22H,1-2H3.